The van der Waals surface area contributed by atoms with Crippen LogP contribution in [0.3, 0.4) is 0 Å². The number of anilines is 1. The monoisotopic (exact) mass is 502 g/mol. The number of rotatable bonds is 6. The first-order chi connectivity index (χ1) is 17.6. The molecule has 0 unspecified atom stereocenters. The van der Waals surface area contributed by atoms with Gasteiger partial charge in [0, 0.05) is 36.8 Å². The first-order valence-corrected chi connectivity index (χ1v) is 12.1. The number of halogens is 1. The molecular formula is C28H27ClN4O3. The normalized spacial score (nSPS) is 13.5. The molecule has 1 fully saturated rings. The van der Waals surface area contributed by atoms with E-state index >= 15 is 0 Å². The van der Waals surface area contributed by atoms with Gasteiger partial charge < -0.3 is 19.3 Å². The highest BCUT2D eigenvalue weighted by Crippen LogP contribution is 2.29. The summed E-state index contributed by atoms with van der Waals surface area (Å²) in [5, 5.41) is 5.42. The van der Waals surface area contributed by atoms with Gasteiger partial charge in [-0.2, -0.15) is 5.10 Å². The Kier molecular flexibility index (Phi) is 6.82. The number of carbonyl (C=O) groups is 1. The van der Waals surface area contributed by atoms with Gasteiger partial charge in [-0.1, -0.05) is 23.7 Å². The zero-order valence-corrected chi connectivity index (χ0v) is 21.0. The van der Waals surface area contributed by atoms with Crippen molar-refractivity contribution in [2.75, 3.05) is 45.3 Å². The smallest absolute Gasteiger partial charge is 0.272 e. The summed E-state index contributed by atoms with van der Waals surface area (Å²) in [6.07, 6.45) is 0. The van der Waals surface area contributed by atoms with E-state index in [4.69, 9.17) is 26.2 Å². The molecule has 0 spiro atoms. The van der Waals surface area contributed by atoms with Crippen molar-refractivity contribution in [2.24, 2.45) is 0 Å². The lowest BCUT2D eigenvalue weighted by Gasteiger charge is -2.36. The largest absolute Gasteiger partial charge is 0.497 e. The van der Waals surface area contributed by atoms with Gasteiger partial charge in [0.15, 0.2) is 0 Å². The van der Waals surface area contributed by atoms with Crippen molar-refractivity contribution in [1.29, 1.82) is 0 Å². The number of para-hydroxylation sites is 2. The predicted octanol–water partition coefficient (Wildman–Crippen LogP) is 5.17. The average molecular weight is 503 g/mol. The quantitative estimate of drug-likeness (QED) is 0.364. The maximum Gasteiger partial charge on any atom is 0.272 e. The fourth-order valence-electron chi connectivity index (χ4n) is 4.42. The van der Waals surface area contributed by atoms with E-state index in [1.54, 1.807) is 31.0 Å². The maximum atomic E-state index is 13.7. The Labute approximate surface area is 215 Å². The molecule has 1 aromatic heterocycles. The molecule has 1 aliphatic rings. The van der Waals surface area contributed by atoms with Gasteiger partial charge in [-0.15, -0.1) is 0 Å². The van der Waals surface area contributed by atoms with Gasteiger partial charge in [0.05, 0.1) is 31.3 Å². The molecule has 3 aromatic carbocycles. The molecule has 5 rings (SSSR count). The van der Waals surface area contributed by atoms with Gasteiger partial charge in [0.25, 0.3) is 5.91 Å². The zero-order chi connectivity index (χ0) is 25.1. The Morgan fingerprint density at radius 1 is 0.861 bits per heavy atom. The molecule has 0 atom stereocenters. The summed E-state index contributed by atoms with van der Waals surface area (Å²) in [7, 11) is 3.31. The van der Waals surface area contributed by atoms with Gasteiger partial charge in [0.2, 0.25) is 0 Å². The second-order valence-electron chi connectivity index (χ2n) is 8.48. The molecule has 1 aliphatic heterocycles. The Morgan fingerprint density at radius 3 is 2.22 bits per heavy atom. The zero-order valence-electron chi connectivity index (χ0n) is 20.2. The second-order valence-corrected chi connectivity index (χ2v) is 8.92. The van der Waals surface area contributed by atoms with E-state index in [0.717, 1.165) is 28.4 Å². The van der Waals surface area contributed by atoms with E-state index in [2.05, 4.69) is 4.90 Å². The second kappa shape index (κ2) is 10.3. The van der Waals surface area contributed by atoms with Crippen LogP contribution in [0.1, 0.15) is 10.5 Å². The summed E-state index contributed by atoms with van der Waals surface area (Å²) < 4.78 is 12.5. The highest BCUT2D eigenvalue weighted by molar-refractivity contribution is 6.30. The highest BCUT2D eigenvalue weighted by Gasteiger charge is 2.27. The van der Waals surface area contributed by atoms with Crippen molar-refractivity contribution < 1.29 is 14.3 Å². The topological polar surface area (TPSA) is 59.8 Å². The van der Waals surface area contributed by atoms with Gasteiger partial charge >= 0.3 is 0 Å². The van der Waals surface area contributed by atoms with Crippen molar-refractivity contribution >= 4 is 23.2 Å². The number of hydrogen-bond donors (Lipinski definition) is 0. The molecule has 1 amide bonds. The minimum atomic E-state index is -0.0584. The molecule has 7 nitrogen and oxygen atoms in total. The summed E-state index contributed by atoms with van der Waals surface area (Å²) in [4.78, 5) is 17.9. The lowest BCUT2D eigenvalue weighted by molar-refractivity contribution is 0.0737. The molecule has 1 saturated heterocycles. The Bertz CT molecular complexity index is 1340. The van der Waals surface area contributed by atoms with Crippen LogP contribution in [-0.2, 0) is 0 Å². The summed E-state index contributed by atoms with van der Waals surface area (Å²) in [6, 6.07) is 24.8. The van der Waals surface area contributed by atoms with E-state index in [9.17, 15) is 4.79 Å². The maximum absolute atomic E-state index is 13.7. The minimum Gasteiger partial charge on any atom is -0.497 e. The Morgan fingerprint density at radius 2 is 1.56 bits per heavy atom. The number of hydrogen-bond acceptors (Lipinski definition) is 5. The van der Waals surface area contributed by atoms with E-state index in [1.807, 2.05) is 71.6 Å². The minimum absolute atomic E-state index is 0.0584. The number of aromatic nitrogens is 2. The SMILES string of the molecule is COc1ccc(-c2cc(C(=O)N3CCN(c4ccccc4OC)CC3)n(-c3ccc(Cl)cc3)n2)cc1. The average Bonchev–Trinajstić information content (AvgIpc) is 3.38. The molecule has 2 heterocycles. The van der Waals surface area contributed by atoms with E-state index in [-0.39, 0.29) is 5.91 Å². The van der Waals surface area contributed by atoms with Crippen LogP contribution in [0.4, 0.5) is 5.69 Å². The molecule has 36 heavy (non-hydrogen) atoms. The van der Waals surface area contributed by atoms with E-state index < -0.39 is 0 Å². The summed E-state index contributed by atoms with van der Waals surface area (Å²) >= 11 is 6.11. The van der Waals surface area contributed by atoms with Crippen molar-refractivity contribution in [3.63, 3.8) is 0 Å². The van der Waals surface area contributed by atoms with Gasteiger partial charge in [0.1, 0.15) is 17.2 Å². The summed E-state index contributed by atoms with van der Waals surface area (Å²) in [5.74, 6) is 1.54. The molecular weight excluding hydrogens is 476 g/mol. The van der Waals surface area contributed by atoms with Gasteiger partial charge in [-0.3, -0.25) is 4.79 Å². The molecule has 0 aliphatic carbocycles. The molecule has 184 valence electrons. The Balaban J connectivity index is 1.42. The van der Waals surface area contributed by atoms with Gasteiger partial charge in [-0.05, 0) is 66.7 Å². The lowest BCUT2D eigenvalue weighted by atomic mass is 10.1. The third-order valence-electron chi connectivity index (χ3n) is 6.38. The first kappa shape index (κ1) is 23.8. The van der Waals surface area contributed by atoms with Crippen LogP contribution < -0.4 is 14.4 Å². The number of benzene rings is 3. The van der Waals surface area contributed by atoms with Crippen LogP contribution in [0.25, 0.3) is 16.9 Å². The summed E-state index contributed by atoms with van der Waals surface area (Å²) in [6.45, 7) is 2.63. The van der Waals surface area contributed by atoms with Crippen molar-refractivity contribution in [1.82, 2.24) is 14.7 Å². The Hall–Kier alpha value is -3.97. The van der Waals surface area contributed by atoms with Crippen LogP contribution in [0.15, 0.2) is 78.9 Å². The molecule has 4 aromatic rings. The fourth-order valence-corrected chi connectivity index (χ4v) is 4.54. The molecule has 0 radical (unpaired) electrons. The van der Waals surface area contributed by atoms with Crippen molar-refractivity contribution in [3.05, 3.63) is 89.6 Å². The van der Waals surface area contributed by atoms with E-state index in [1.165, 1.54) is 0 Å². The van der Waals surface area contributed by atoms with E-state index in [0.29, 0.717) is 42.6 Å². The highest BCUT2D eigenvalue weighted by atomic mass is 35.5. The van der Waals surface area contributed by atoms with Crippen LogP contribution in [-0.4, -0.2) is 61.0 Å². The van der Waals surface area contributed by atoms with Crippen molar-refractivity contribution in [3.8, 4) is 28.4 Å². The predicted molar refractivity (Wildman–Crippen MR) is 142 cm³/mol. The van der Waals surface area contributed by atoms with Crippen LogP contribution in [0.2, 0.25) is 5.02 Å². The number of methoxy groups -OCH3 is 2. The number of piperazine rings is 1. The van der Waals surface area contributed by atoms with Crippen LogP contribution in [0.5, 0.6) is 11.5 Å². The van der Waals surface area contributed by atoms with Gasteiger partial charge in [-0.25, -0.2) is 4.68 Å². The number of carbonyl (C=O) groups excluding carboxylic acids is 1. The van der Waals surface area contributed by atoms with Crippen LogP contribution >= 0.6 is 11.6 Å². The third-order valence-corrected chi connectivity index (χ3v) is 6.63. The standard InChI is InChI=1S/C28H27ClN4O3/c1-35-23-13-7-20(8-14-23)24-19-26(33(30-24)22-11-9-21(29)10-12-22)28(34)32-17-15-31(16-18-32)25-5-3-4-6-27(25)36-2/h3-14,19H,15-18H2,1-2H3. The van der Waals surface area contributed by atoms with Crippen molar-refractivity contribution in [2.45, 2.75) is 0 Å². The summed E-state index contributed by atoms with van der Waals surface area (Å²) in [5.41, 5.74) is 3.94. The first-order valence-electron chi connectivity index (χ1n) is 11.7. The molecule has 0 bridgehead atoms. The number of nitrogens with zero attached hydrogens (tertiary/aromatic N) is 4. The molecule has 0 N–H and O–H groups in total. The number of ether oxygens (including phenoxy) is 2. The number of amides is 1. The van der Waals surface area contributed by atoms with Crippen LogP contribution in [0, 0.1) is 0 Å². The third kappa shape index (κ3) is 4.75. The molecule has 8 heteroatoms. The fraction of sp³-hybridized carbons (Fsp3) is 0.214. The molecule has 0 saturated carbocycles. The lowest BCUT2D eigenvalue weighted by Crippen LogP contribution is -2.49.